The van der Waals surface area contributed by atoms with Gasteiger partial charge in [-0.3, -0.25) is 10.1 Å². The number of halogens is 5. The van der Waals surface area contributed by atoms with E-state index in [0.29, 0.717) is 31.5 Å². The fourth-order valence-corrected chi connectivity index (χ4v) is 4.05. The number of likely N-dealkylation sites (tertiary alicyclic amines) is 1. The van der Waals surface area contributed by atoms with E-state index in [1.165, 1.54) is 17.0 Å². The number of anilines is 1. The lowest BCUT2D eigenvalue weighted by molar-refractivity contribution is -0.192. The second-order valence-electron chi connectivity index (χ2n) is 8.73. The number of fused-ring (bicyclic) bond motifs is 2. The smallest absolute Gasteiger partial charge is 0.475 e. The molecule has 2 amide bonds. The number of carboxylic acids is 1. The highest BCUT2D eigenvalue weighted by atomic mass is 35.5. The lowest BCUT2D eigenvalue weighted by Gasteiger charge is -2.45. The summed E-state index contributed by atoms with van der Waals surface area (Å²) in [5.41, 5.74) is 4.74. The SMILES string of the molecule is COC(C)(C)C[C@H](N)C(=O)N1CCC[C@@]2(C1)OC(=O)Nc1ccc(Cl)c(F)c12.O=C(O)C(F)(F)F. The molecule has 9 nitrogen and oxygen atoms in total. The van der Waals surface area contributed by atoms with Crippen molar-refractivity contribution in [2.75, 3.05) is 25.5 Å². The van der Waals surface area contributed by atoms with Crippen molar-refractivity contribution in [1.82, 2.24) is 4.90 Å². The third-order valence-corrected chi connectivity index (χ3v) is 5.96. The zero-order valence-corrected chi connectivity index (χ0v) is 19.9. The van der Waals surface area contributed by atoms with Gasteiger partial charge in [-0.1, -0.05) is 11.6 Å². The zero-order valence-electron chi connectivity index (χ0n) is 19.2. The summed E-state index contributed by atoms with van der Waals surface area (Å²) in [4.78, 5) is 35.5. The van der Waals surface area contributed by atoms with Crippen LogP contribution in [0.4, 0.5) is 28.0 Å². The first kappa shape index (κ1) is 28.6. The summed E-state index contributed by atoms with van der Waals surface area (Å²) in [6, 6.07) is 2.13. The molecule has 2 aliphatic heterocycles. The predicted octanol–water partition coefficient (Wildman–Crippen LogP) is 3.63. The number of methoxy groups -OCH3 is 1. The molecule has 14 heteroatoms. The fourth-order valence-electron chi connectivity index (χ4n) is 3.90. The lowest BCUT2D eigenvalue weighted by Crippen LogP contribution is -2.57. The molecule has 1 aromatic carbocycles. The number of nitrogens with zero attached hydrogens (tertiary/aromatic N) is 1. The number of carbonyl (C=O) groups excluding carboxylic acids is 2. The van der Waals surface area contributed by atoms with Gasteiger partial charge in [0.15, 0.2) is 11.4 Å². The molecular formula is C21H26ClF4N3O6. The minimum atomic E-state index is -5.08. The van der Waals surface area contributed by atoms with E-state index in [1.54, 1.807) is 7.11 Å². The monoisotopic (exact) mass is 527 g/mol. The lowest BCUT2D eigenvalue weighted by atomic mass is 9.82. The van der Waals surface area contributed by atoms with Gasteiger partial charge in [0.05, 0.1) is 34.5 Å². The van der Waals surface area contributed by atoms with Crippen molar-refractivity contribution in [2.45, 2.75) is 56.5 Å². The average molecular weight is 528 g/mol. The Kier molecular flexibility index (Phi) is 8.61. The van der Waals surface area contributed by atoms with Gasteiger partial charge < -0.3 is 25.2 Å². The standard InChI is InChI=1S/C19H25ClFN3O4.C2HF3O2/c1-18(2,27-3)9-12(22)16(25)24-8-4-7-19(10-24)14-13(23-17(26)28-19)6-5-11(20)15(14)21;3-2(4,5)1(6)7/h5-6,12H,4,7-10,22H2,1-3H3,(H,23,26);(H,6,7)/t12-,19-;/m0./s1. The zero-order chi connectivity index (χ0) is 26.8. The highest BCUT2D eigenvalue weighted by molar-refractivity contribution is 6.31. The highest BCUT2D eigenvalue weighted by Gasteiger charge is 2.49. The first-order chi connectivity index (χ1) is 16.0. The van der Waals surface area contributed by atoms with Crippen LogP contribution in [0.1, 0.15) is 38.7 Å². The van der Waals surface area contributed by atoms with Gasteiger partial charge in [-0.05, 0) is 45.2 Å². The molecule has 196 valence electrons. The molecule has 4 N–H and O–H groups in total. The first-order valence-corrected chi connectivity index (χ1v) is 10.8. The maximum Gasteiger partial charge on any atom is 0.490 e. The number of ether oxygens (including phenoxy) is 2. The van der Waals surface area contributed by atoms with Crippen LogP contribution in [-0.2, 0) is 24.7 Å². The number of hydrogen-bond donors (Lipinski definition) is 3. The fraction of sp³-hybridized carbons (Fsp3) is 0.571. The van der Waals surface area contributed by atoms with Gasteiger partial charge in [0.2, 0.25) is 5.91 Å². The van der Waals surface area contributed by atoms with Crippen molar-refractivity contribution in [1.29, 1.82) is 0 Å². The molecule has 0 radical (unpaired) electrons. The minimum Gasteiger partial charge on any atom is -0.475 e. The number of nitrogens with one attached hydrogen (secondary N) is 1. The Morgan fingerprint density at radius 1 is 1.37 bits per heavy atom. The van der Waals surface area contributed by atoms with E-state index in [-0.39, 0.29) is 23.0 Å². The maximum absolute atomic E-state index is 14.9. The highest BCUT2D eigenvalue weighted by Crippen LogP contribution is 2.45. The van der Waals surface area contributed by atoms with Crippen LogP contribution in [0, 0.1) is 5.82 Å². The van der Waals surface area contributed by atoms with E-state index in [1.807, 2.05) is 13.8 Å². The van der Waals surface area contributed by atoms with Crippen molar-refractivity contribution < 1.29 is 46.5 Å². The van der Waals surface area contributed by atoms with Crippen molar-refractivity contribution in [3.05, 3.63) is 28.5 Å². The van der Waals surface area contributed by atoms with E-state index in [0.717, 1.165) is 0 Å². The normalized spacial score (nSPS) is 20.7. The summed E-state index contributed by atoms with van der Waals surface area (Å²) in [6.07, 6.45) is -4.53. The summed E-state index contributed by atoms with van der Waals surface area (Å²) >= 11 is 5.96. The Labute approximate surface area is 203 Å². The van der Waals surface area contributed by atoms with E-state index < -0.39 is 41.3 Å². The molecule has 1 spiro atoms. The summed E-state index contributed by atoms with van der Waals surface area (Å²) in [7, 11) is 1.56. The van der Waals surface area contributed by atoms with Crippen molar-refractivity contribution in [3.8, 4) is 0 Å². The Balaban J connectivity index is 0.000000540. The molecule has 3 rings (SSSR count). The van der Waals surface area contributed by atoms with Gasteiger partial charge in [0, 0.05) is 13.7 Å². The Hall–Kier alpha value is -2.64. The van der Waals surface area contributed by atoms with E-state index >= 15 is 0 Å². The largest absolute Gasteiger partial charge is 0.490 e. The van der Waals surface area contributed by atoms with Crippen LogP contribution in [0.3, 0.4) is 0 Å². The number of amides is 2. The van der Waals surface area contributed by atoms with Crippen molar-refractivity contribution >= 4 is 35.3 Å². The van der Waals surface area contributed by atoms with Crippen LogP contribution in [0.15, 0.2) is 12.1 Å². The summed E-state index contributed by atoms with van der Waals surface area (Å²) in [5, 5.41) is 9.56. The van der Waals surface area contributed by atoms with Gasteiger partial charge in [-0.15, -0.1) is 0 Å². The predicted molar refractivity (Wildman–Crippen MR) is 116 cm³/mol. The third-order valence-electron chi connectivity index (χ3n) is 5.67. The number of piperidine rings is 1. The van der Waals surface area contributed by atoms with Crippen LogP contribution in [0.25, 0.3) is 0 Å². The molecule has 0 aromatic heterocycles. The second-order valence-corrected chi connectivity index (χ2v) is 9.14. The summed E-state index contributed by atoms with van der Waals surface area (Å²) in [5.74, 6) is -3.70. The molecule has 35 heavy (non-hydrogen) atoms. The molecular weight excluding hydrogens is 502 g/mol. The van der Waals surface area contributed by atoms with E-state index in [2.05, 4.69) is 5.32 Å². The summed E-state index contributed by atoms with van der Waals surface area (Å²) < 4.78 is 57.5. The van der Waals surface area contributed by atoms with Crippen molar-refractivity contribution in [2.24, 2.45) is 5.73 Å². The molecule has 1 saturated heterocycles. The molecule has 1 aromatic rings. The minimum absolute atomic E-state index is 0.0185. The van der Waals surface area contributed by atoms with Crippen LogP contribution in [-0.4, -0.2) is 66.0 Å². The molecule has 0 bridgehead atoms. The van der Waals surface area contributed by atoms with Gasteiger partial charge >= 0.3 is 18.2 Å². The number of alkyl halides is 3. The number of nitrogens with two attached hydrogens (primary N) is 1. The quantitative estimate of drug-likeness (QED) is 0.509. The van der Waals surface area contributed by atoms with Crippen LogP contribution in [0.5, 0.6) is 0 Å². The number of benzene rings is 1. The molecule has 1 fully saturated rings. The van der Waals surface area contributed by atoms with Gasteiger partial charge in [-0.2, -0.15) is 13.2 Å². The number of hydrogen-bond acceptors (Lipinski definition) is 6. The van der Waals surface area contributed by atoms with Crippen LogP contribution >= 0.6 is 11.6 Å². The molecule has 2 heterocycles. The average Bonchev–Trinajstić information content (AvgIpc) is 2.75. The molecule has 0 saturated carbocycles. The number of carbonyl (C=O) groups is 3. The van der Waals surface area contributed by atoms with E-state index in [4.69, 9.17) is 36.7 Å². The van der Waals surface area contributed by atoms with Gasteiger partial charge in [0.25, 0.3) is 0 Å². The van der Waals surface area contributed by atoms with Gasteiger partial charge in [0.1, 0.15) is 0 Å². The Bertz CT molecular complexity index is 991. The number of rotatable bonds is 4. The molecule has 0 unspecified atom stereocenters. The second kappa shape index (κ2) is 10.5. The molecule has 2 aliphatic rings. The first-order valence-electron chi connectivity index (χ1n) is 10.4. The Morgan fingerprint density at radius 2 is 1.97 bits per heavy atom. The third kappa shape index (κ3) is 6.73. The number of carboxylic acid groups (broad SMARTS) is 1. The maximum atomic E-state index is 14.9. The number of aliphatic carboxylic acids is 1. The van der Waals surface area contributed by atoms with Crippen molar-refractivity contribution in [3.63, 3.8) is 0 Å². The Morgan fingerprint density at radius 3 is 2.51 bits per heavy atom. The summed E-state index contributed by atoms with van der Waals surface area (Å²) in [6.45, 7) is 4.16. The van der Waals surface area contributed by atoms with Crippen LogP contribution < -0.4 is 11.1 Å². The molecule has 2 atom stereocenters. The topological polar surface area (TPSA) is 131 Å². The van der Waals surface area contributed by atoms with E-state index in [9.17, 15) is 27.2 Å². The van der Waals surface area contributed by atoms with Gasteiger partial charge in [-0.25, -0.2) is 14.0 Å². The molecule has 0 aliphatic carbocycles. The van der Waals surface area contributed by atoms with Crippen LogP contribution in [0.2, 0.25) is 5.02 Å².